The molecular weight excluding hydrogens is 811 g/mol. The van der Waals surface area contributed by atoms with Crippen molar-refractivity contribution in [3.05, 3.63) is 89.5 Å². The van der Waals surface area contributed by atoms with Gasteiger partial charge in [0.2, 0.25) is 11.8 Å². The highest BCUT2D eigenvalue weighted by atomic mass is 16.5. The van der Waals surface area contributed by atoms with Gasteiger partial charge in [0.25, 0.3) is 0 Å². The van der Waals surface area contributed by atoms with Crippen molar-refractivity contribution in [2.24, 2.45) is 11.8 Å². The molecule has 5 heterocycles. The molecule has 2 unspecified atom stereocenters. The number of imidazole rings is 1. The van der Waals surface area contributed by atoms with Gasteiger partial charge in [-0.1, -0.05) is 62.4 Å². The molecule has 0 saturated carbocycles. The number of amides is 4. The summed E-state index contributed by atoms with van der Waals surface area (Å²) in [4.78, 5) is 68.3. The molecule has 4 amide bonds. The van der Waals surface area contributed by atoms with Crippen LogP contribution in [0.15, 0.2) is 66.9 Å². The molecule has 0 bridgehead atoms. The maximum atomic E-state index is 14.0. The second-order valence-electron chi connectivity index (χ2n) is 18.1. The van der Waals surface area contributed by atoms with E-state index >= 15 is 0 Å². The lowest BCUT2D eigenvalue weighted by Crippen LogP contribution is -2.53. The first-order chi connectivity index (χ1) is 31.1. The lowest BCUT2D eigenvalue weighted by Gasteiger charge is -2.34. The molecule has 3 aliphatic heterocycles. The lowest BCUT2D eigenvalue weighted by atomic mass is 9.90. The third kappa shape index (κ3) is 8.47. The molecule has 4 N–H and O–H groups in total. The van der Waals surface area contributed by atoms with E-state index < -0.39 is 24.3 Å². The number of aromatic nitrogens is 3. The molecule has 3 fully saturated rings. The van der Waals surface area contributed by atoms with Crippen molar-refractivity contribution in [3.8, 4) is 33.6 Å². The normalized spacial score (nSPS) is 19.8. The van der Waals surface area contributed by atoms with Crippen molar-refractivity contribution in [3.63, 3.8) is 0 Å². The molecule has 5 aromatic rings. The van der Waals surface area contributed by atoms with Crippen LogP contribution >= 0.6 is 0 Å². The average Bonchev–Trinajstić information content (AvgIpc) is 4.19. The van der Waals surface area contributed by atoms with Gasteiger partial charge in [-0.2, -0.15) is 0 Å². The molecule has 64 heavy (non-hydrogen) atoms. The summed E-state index contributed by atoms with van der Waals surface area (Å²) in [6.45, 7) is 6.27. The second-order valence-corrected chi connectivity index (χ2v) is 18.1. The van der Waals surface area contributed by atoms with Crippen molar-refractivity contribution >= 4 is 34.8 Å². The van der Waals surface area contributed by atoms with Gasteiger partial charge >= 0.3 is 12.2 Å². The fourth-order valence-corrected chi connectivity index (χ4v) is 10.5. The molecular formula is C50H59N7O7. The summed E-state index contributed by atoms with van der Waals surface area (Å²) in [6, 6.07) is 20.1. The van der Waals surface area contributed by atoms with Gasteiger partial charge in [-0.3, -0.25) is 9.59 Å². The number of H-pyrrole nitrogens is 2. The summed E-state index contributed by atoms with van der Waals surface area (Å²) in [6.07, 6.45) is 8.54. The Balaban J connectivity index is 0.900. The van der Waals surface area contributed by atoms with Gasteiger partial charge in [0.15, 0.2) is 0 Å². The van der Waals surface area contributed by atoms with Gasteiger partial charge in [0.1, 0.15) is 17.9 Å². The lowest BCUT2D eigenvalue weighted by molar-refractivity contribution is -0.137. The molecule has 3 saturated heterocycles. The van der Waals surface area contributed by atoms with Gasteiger partial charge in [-0.05, 0) is 120 Å². The maximum Gasteiger partial charge on any atom is 0.407 e. The van der Waals surface area contributed by atoms with Gasteiger partial charge in [0, 0.05) is 43.3 Å². The van der Waals surface area contributed by atoms with Crippen LogP contribution in [0.3, 0.4) is 0 Å². The van der Waals surface area contributed by atoms with Crippen LogP contribution in [0, 0.1) is 11.8 Å². The van der Waals surface area contributed by atoms with Gasteiger partial charge in [-0.25, -0.2) is 14.6 Å². The van der Waals surface area contributed by atoms with E-state index in [0.717, 1.165) is 101 Å². The molecule has 9 rings (SSSR count). The number of hydrogen-bond donors (Lipinski definition) is 4. The zero-order chi connectivity index (χ0) is 44.5. The highest BCUT2D eigenvalue weighted by Crippen LogP contribution is 2.43. The minimum atomic E-state index is -0.681. The number of ether oxygens (including phenoxy) is 3. The summed E-state index contributed by atoms with van der Waals surface area (Å²) in [7, 11) is 2.63. The molecule has 0 spiro atoms. The highest BCUT2D eigenvalue weighted by molar-refractivity contribution is 5.91. The summed E-state index contributed by atoms with van der Waals surface area (Å²) in [5.41, 5.74) is 10.2. The quantitative estimate of drug-likeness (QED) is 0.103. The minimum Gasteiger partial charge on any atom is -0.453 e. The Morgan fingerprint density at radius 3 is 2.02 bits per heavy atom. The van der Waals surface area contributed by atoms with E-state index in [1.54, 1.807) is 0 Å². The van der Waals surface area contributed by atoms with E-state index in [9.17, 15) is 19.2 Å². The Morgan fingerprint density at radius 2 is 1.31 bits per heavy atom. The molecule has 4 aliphatic rings. The monoisotopic (exact) mass is 869 g/mol. The van der Waals surface area contributed by atoms with E-state index in [1.165, 1.54) is 25.3 Å². The van der Waals surface area contributed by atoms with Crippen molar-refractivity contribution < 1.29 is 33.4 Å². The van der Waals surface area contributed by atoms with Crippen molar-refractivity contribution in [2.75, 3.05) is 40.5 Å². The number of benzene rings is 3. The van der Waals surface area contributed by atoms with Gasteiger partial charge in [-0.15, -0.1) is 0 Å². The number of methoxy groups -OCH3 is 2. The standard InChI is InChI=1S/C50H59N7O7/c1-29(2)42(54-49(60)62-3)47(58)56-22-6-10-40(56)45-38-9-5-8-37(38)43(53-45)31-14-12-30(13-15-31)33-16-17-35-27-36(19-18-34(35)26-33)39-28-51-46(52-39)41-11-7-23-57(41)48(59)44(55-50(61)63-4)32-20-24-64-25-21-32/h12-19,26-29,32,40-42,44,53H,5-11,20-25H2,1-4H3,(H,51,52)(H,54,60)(H,55,61)/t40?,41-,42-,44?/m0/s1. The highest BCUT2D eigenvalue weighted by Gasteiger charge is 2.41. The van der Waals surface area contributed by atoms with Crippen LogP contribution in [-0.2, 0) is 36.6 Å². The number of aromatic amines is 2. The van der Waals surface area contributed by atoms with Gasteiger partial charge < -0.3 is 44.6 Å². The van der Waals surface area contributed by atoms with Crippen LogP contribution in [0.2, 0.25) is 0 Å². The number of carbonyl (C=O) groups excluding carboxylic acids is 4. The molecule has 0 radical (unpaired) electrons. The smallest absolute Gasteiger partial charge is 0.407 e. The largest absolute Gasteiger partial charge is 0.453 e. The minimum absolute atomic E-state index is 0.0247. The number of carbonyl (C=O) groups is 4. The molecule has 336 valence electrons. The third-order valence-corrected chi connectivity index (χ3v) is 13.9. The van der Waals surface area contributed by atoms with Crippen molar-refractivity contribution in [1.29, 1.82) is 0 Å². The van der Waals surface area contributed by atoms with Crippen LogP contribution < -0.4 is 10.6 Å². The van der Waals surface area contributed by atoms with E-state index in [4.69, 9.17) is 19.2 Å². The maximum absolute atomic E-state index is 14.0. The van der Waals surface area contributed by atoms with Crippen LogP contribution in [0.1, 0.15) is 93.5 Å². The zero-order valence-electron chi connectivity index (χ0n) is 37.2. The number of fused-ring (bicyclic) bond motifs is 2. The summed E-state index contributed by atoms with van der Waals surface area (Å²) < 4.78 is 15.3. The predicted molar refractivity (Wildman–Crippen MR) is 243 cm³/mol. The van der Waals surface area contributed by atoms with Crippen molar-refractivity contribution in [1.82, 2.24) is 35.4 Å². The van der Waals surface area contributed by atoms with Crippen LogP contribution in [0.25, 0.3) is 44.4 Å². The predicted octanol–water partition coefficient (Wildman–Crippen LogP) is 8.24. The average molecular weight is 870 g/mol. The van der Waals surface area contributed by atoms with E-state index in [-0.39, 0.29) is 35.7 Å². The topological polar surface area (TPSA) is 171 Å². The number of nitrogens with one attached hydrogen (secondary N) is 4. The van der Waals surface area contributed by atoms with Crippen molar-refractivity contribution in [2.45, 2.75) is 95.8 Å². The molecule has 14 heteroatoms. The number of rotatable bonds is 11. The van der Waals surface area contributed by atoms with Crippen LogP contribution in [-0.4, -0.2) is 101 Å². The SMILES string of the molecule is COC(=O)NC(C(=O)N1CCC[C@H]1c1ncc(-c2ccc3cc(-c4ccc(-c5[nH]c(C6CCCN6C(=O)[C@@H](NC(=O)OC)C(C)C)c6c5CCC6)cc4)ccc3c2)[nH]1)C1CCOCC1. The Labute approximate surface area is 373 Å². The molecule has 4 atom stereocenters. The summed E-state index contributed by atoms with van der Waals surface area (Å²) >= 11 is 0. The molecule has 1 aliphatic carbocycles. The fourth-order valence-electron chi connectivity index (χ4n) is 10.5. The number of nitrogens with zero attached hydrogens (tertiary/aromatic N) is 3. The fraction of sp³-hybridized carbons (Fsp3) is 0.460. The number of hydrogen-bond acceptors (Lipinski definition) is 8. The first-order valence-electron chi connectivity index (χ1n) is 22.9. The Bertz CT molecular complexity index is 2520. The first-order valence-corrected chi connectivity index (χ1v) is 22.9. The van der Waals surface area contributed by atoms with E-state index in [2.05, 4.69) is 81.3 Å². The van der Waals surface area contributed by atoms with E-state index in [1.807, 2.05) is 29.8 Å². The third-order valence-electron chi connectivity index (χ3n) is 13.9. The van der Waals surface area contributed by atoms with Crippen LogP contribution in [0.5, 0.6) is 0 Å². The summed E-state index contributed by atoms with van der Waals surface area (Å²) in [5, 5.41) is 7.83. The first kappa shape index (κ1) is 43.1. The van der Waals surface area contributed by atoms with Crippen LogP contribution in [0.4, 0.5) is 9.59 Å². The second kappa shape index (κ2) is 18.5. The summed E-state index contributed by atoms with van der Waals surface area (Å²) in [5.74, 6) is 0.465. The molecule has 14 nitrogen and oxygen atoms in total. The Hall–Kier alpha value is -6.15. The van der Waals surface area contributed by atoms with E-state index in [0.29, 0.717) is 39.1 Å². The molecule has 2 aromatic heterocycles. The zero-order valence-corrected chi connectivity index (χ0v) is 37.2. The Morgan fingerprint density at radius 1 is 0.703 bits per heavy atom. The number of alkyl carbamates (subject to hydrolysis) is 2. The Kier molecular flexibility index (Phi) is 12.5. The van der Waals surface area contributed by atoms with Gasteiger partial charge in [0.05, 0.1) is 38.2 Å². The number of likely N-dealkylation sites (tertiary alicyclic amines) is 2. The molecule has 3 aromatic carbocycles.